The van der Waals surface area contributed by atoms with E-state index in [0.29, 0.717) is 12.0 Å². The Bertz CT molecular complexity index is 1260. The second-order valence-electron chi connectivity index (χ2n) is 13.2. The van der Waals surface area contributed by atoms with E-state index < -0.39 is 46.1 Å². The molecule has 0 heterocycles. The Balaban J connectivity index is 1.32. The van der Waals surface area contributed by atoms with Crippen molar-refractivity contribution in [1.29, 1.82) is 0 Å². The Morgan fingerprint density at radius 1 is 1.18 bits per heavy atom. The van der Waals surface area contributed by atoms with Crippen molar-refractivity contribution in [2.45, 2.75) is 76.2 Å². The third-order valence-electron chi connectivity index (χ3n) is 11.0. The Kier molecular flexibility index (Phi) is 5.71. The SMILES string of the molecule is CC1=C[C@H]2[C@@]3(O)[C@H](C)C[C@]4(OC(=O)[C@@H](N)C5Cc6ccccc6C5)[C@@H]([C@@H]3C=C(CCl)C[C@]2(O)C1=O)C4(C)C. The fraction of sp³-hybridized carbons (Fsp3) is 0.613. The van der Waals surface area contributed by atoms with Crippen LogP contribution in [0.25, 0.3) is 0 Å². The van der Waals surface area contributed by atoms with Crippen LogP contribution in [0.1, 0.15) is 51.7 Å². The molecule has 2 fully saturated rings. The molecule has 5 aliphatic carbocycles. The lowest BCUT2D eigenvalue weighted by Crippen LogP contribution is -2.61. The number of hydrogen-bond acceptors (Lipinski definition) is 6. The van der Waals surface area contributed by atoms with Gasteiger partial charge in [-0.25, -0.2) is 0 Å². The summed E-state index contributed by atoms with van der Waals surface area (Å²) in [7, 11) is 0. The lowest BCUT2D eigenvalue weighted by atomic mass is 9.60. The number of nitrogens with two attached hydrogens (primary N) is 1. The number of hydrogen-bond donors (Lipinski definition) is 3. The molecule has 204 valence electrons. The number of alkyl halides is 1. The number of aliphatic hydroxyl groups is 2. The Labute approximate surface area is 229 Å². The smallest absolute Gasteiger partial charge is 0.323 e. The number of fused-ring (bicyclic) bond motifs is 6. The first-order valence-electron chi connectivity index (χ1n) is 13.8. The number of ether oxygens (including phenoxy) is 1. The van der Waals surface area contributed by atoms with E-state index in [1.54, 1.807) is 13.0 Å². The fourth-order valence-electron chi connectivity index (χ4n) is 8.87. The molecule has 0 spiro atoms. The van der Waals surface area contributed by atoms with Gasteiger partial charge in [-0.2, -0.15) is 0 Å². The van der Waals surface area contributed by atoms with Crippen molar-refractivity contribution in [1.82, 2.24) is 0 Å². The van der Waals surface area contributed by atoms with Gasteiger partial charge in [0, 0.05) is 35.5 Å². The topological polar surface area (TPSA) is 110 Å². The molecule has 6 rings (SSSR count). The van der Waals surface area contributed by atoms with E-state index in [1.807, 2.05) is 25.1 Å². The van der Waals surface area contributed by atoms with Crippen molar-refractivity contribution >= 4 is 23.4 Å². The molecule has 6 nitrogen and oxygen atoms in total. The van der Waals surface area contributed by atoms with Crippen LogP contribution in [0.15, 0.2) is 47.6 Å². The third-order valence-corrected chi connectivity index (χ3v) is 11.3. The van der Waals surface area contributed by atoms with E-state index in [-0.39, 0.29) is 35.8 Å². The molecule has 5 aliphatic rings. The van der Waals surface area contributed by atoms with E-state index >= 15 is 0 Å². The van der Waals surface area contributed by atoms with Crippen molar-refractivity contribution in [3.05, 3.63) is 58.7 Å². The average Bonchev–Trinajstić information content (AvgIpc) is 3.14. The molecule has 7 heteroatoms. The Morgan fingerprint density at radius 2 is 1.82 bits per heavy atom. The van der Waals surface area contributed by atoms with Crippen molar-refractivity contribution in [3.63, 3.8) is 0 Å². The van der Waals surface area contributed by atoms with Crippen LogP contribution in [-0.4, -0.2) is 50.7 Å². The van der Waals surface area contributed by atoms with E-state index in [1.165, 1.54) is 11.1 Å². The first-order valence-corrected chi connectivity index (χ1v) is 14.3. The average molecular weight is 540 g/mol. The molecule has 0 aliphatic heterocycles. The van der Waals surface area contributed by atoms with Crippen molar-refractivity contribution in [3.8, 4) is 0 Å². The molecule has 0 unspecified atom stereocenters. The van der Waals surface area contributed by atoms with E-state index in [9.17, 15) is 19.8 Å². The molecule has 0 radical (unpaired) electrons. The summed E-state index contributed by atoms with van der Waals surface area (Å²) >= 11 is 6.32. The van der Waals surface area contributed by atoms with E-state index in [0.717, 1.165) is 18.4 Å². The van der Waals surface area contributed by atoms with Crippen LogP contribution in [0, 0.1) is 35.0 Å². The summed E-state index contributed by atoms with van der Waals surface area (Å²) in [5.41, 5.74) is 5.87. The lowest BCUT2D eigenvalue weighted by molar-refractivity contribution is -0.188. The summed E-state index contributed by atoms with van der Waals surface area (Å²) in [5.74, 6) is -2.36. The maximum atomic E-state index is 13.6. The summed E-state index contributed by atoms with van der Waals surface area (Å²) in [6.07, 6.45) is 5.74. The number of rotatable bonds is 4. The molecular formula is C31H38ClNO5. The molecule has 2 saturated carbocycles. The van der Waals surface area contributed by atoms with Gasteiger partial charge in [0.1, 0.15) is 17.2 Å². The monoisotopic (exact) mass is 539 g/mol. The largest absolute Gasteiger partial charge is 0.457 e. The minimum atomic E-state index is -1.72. The number of ketones is 1. The Morgan fingerprint density at radius 3 is 2.42 bits per heavy atom. The first kappa shape index (κ1) is 26.2. The van der Waals surface area contributed by atoms with Crippen LogP contribution in [-0.2, 0) is 27.2 Å². The molecule has 8 atom stereocenters. The van der Waals surface area contributed by atoms with Crippen LogP contribution in [0.3, 0.4) is 0 Å². The minimum absolute atomic E-state index is 0.0113. The summed E-state index contributed by atoms with van der Waals surface area (Å²) in [5, 5.41) is 24.2. The van der Waals surface area contributed by atoms with Crippen LogP contribution in [0.4, 0.5) is 0 Å². The van der Waals surface area contributed by atoms with Crippen molar-refractivity contribution in [2.24, 2.45) is 40.7 Å². The molecule has 1 aromatic rings. The summed E-state index contributed by atoms with van der Waals surface area (Å²) < 4.78 is 6.41. The standard InChI is InChI=1S/C31H38ClNO5/c1-16-9-23-29(36,26(16)34)14-18(15-32)10-22-25-28(3,4)30(25,13-17(2)31(22,23)37)38-27(35)24(33)21-11-19-7-5-6-8-20(19)12-21/h5-10,17,21-25,36-37H,11-15,33H2,1-4H3/t17-,22+,23-,24+,25+,29-,30+,31-/m1/s1. The molecule has 0 aromatic heterocycles. The van der Waals surface area contributed by atoms with Gasteiger partial charge in [-0.15, -0.1) is 11.6 Å². The zero-order valence-corrected chi connectivity index (χ0v) is 23.3. The van der Waals surface area contributed by atoms with Gasteiger partial charge in [-0.1, -0.05) is 62.8 Å². The molecule has 1 aromatic carbocycles. The highest BCUT2D eigenvalue weighted by Gasteiger charge is 2.83. The van der Waals surface area contributed by atoms with Gasteiger partial charge in [0.05, 0.1) is 5.60 Å². The molecule has 0 amide bonds. The molecule has 0 saturated heterocycles. The van der Waals surface area contributed by atoms with Crippen LogP contribution >= 0.6 is 11.6 Å². The predicted octanol–water partition coefficient (Wildman–Crippen LogP) is 3.50. The normalized spacial score (nSPS) is 41.6. The molecule has 38 heavy (non-hydrogen) atoms. The van der Waals surface area contributed by atoms with E-state index in [2.05, 4.69) is 26.0 Å². The highest BCUT2D eigenvalue weighted by Crippen LogP contribution is 2.76. The van der Waals surface area contributed by atoms with Gasteiger partial charge in [0.15, 0.2) is 5.78 Å². The fourth-order valence-corrected chi connectivity index (χ4v) is 9.05. The van der Waals surface area contributed by atoms with Crippen molar-refractivity contribution < 1.29 is 24.5 Å². The first-order chi connectivity index (χ1) is 17.8. The highest BCUT2D eigenvalue weighted by molar-refractivity contribution is 6.19. The highest BCUT2D eigenvalue weighted by atomic mass is 35.5. The number of halogens is 1. The maximum Gasteiger partial charge on any atom is 0.323 e. The minimum Gasteiger partial charge on any atom is -0.457 e. The third kappa shape index (κ3) is 3.24. The van der Waals surface area contributed by atoms with Gasteiger partial charge >= 0.3 is 5.97 Å². The van der Waals surface area contributed by atoms with Gasteiger partial charge in [-0.3, -0.25) is 9.59 Å². The summed E-state index contributed by atoms with van der Waals surface area (Å²) in [6.45, 7) is 7.78. The van der Waals surface area contributed by atoms with Crippen LogP contribution in [0.5, 0.6) is 0 Å². The van der Waals surface area contributed by atoms with Gasteiger partial charge in [0.25, 0.3) is 0 Å². The maximum absolute atomic E-state index is 13.6. The molecular weight excluding hydrogens is 502 g/mol. The molecule has 4 N–H and O–H groups in total. The number of Topliss-reactive ketones (excluding diaryl/α,β-unsaturated/α-hetero) is 1. The van der Waals surface area contributed by atoms with Gasteiger partial charge < -0.3 is 20.7 Å². The number of benzene rings is 1. The number of carbonyl (C=O) groups excluding carboxylic acids is 2. The predicted molar refractivity (Wildman–Crippen MR) is 144 cm³/mol. The number of esters is 1. The summed E-state index contributed by atoms with van der Waals surface area (Å²) in [6, 6.07) is 7.46. The Hall–Kier alpha value is -1.99. The second-order valence-corrected chi connectivity index (χ2v) is 13.5. The number of carbonyl (C=O) groups is 2. The van der Waals surface area contributed by atoms with Gasteiger partial charge in [0.2, 0.25) is 0 Å². The van der Waals surface area contributed by atoms with Crippen molar-refractivity contribution in [2.75, 3.05) is 5.88 Å². The molecule has 0 bridgehead atoms. The zero-order valence-electron chi connectivity index (χ0n) is 22.5. The lowest BCUT2D eigenvalue weighted by Gasteiger charge is -2.50. The quantitative estimate of drug-likeness (QED) is 0.307. The van der Waals surface area contributed by atoms with Crippen LogP contribution in [0.2, 0.25) is 0 Å². The second kappa shape index (κ2) is 8.26. The van der Waals surface area contributed by atoms with E-state index in [4.69, 9.17) is 22.1 Å². The zero-order chi connectivity index (χ0) is 27.4. The van der Waals surface area contributed by atoms with Gasteiger partial charge in [-0.05, 0) is 54.7 Å². The van der Waals surface area contributed by atoms with Crippen LogP contribution < -0.4 is 5.73 Å². The summed E-state index contributed by atoms with van der Waals surface area (Å²) in [4.78, 5) is 26.7.